The number of aromatic amines is 1. The van der Waals surface area contributed by atoms with Gasteiger partial charge in [-0.15, -0.1) is 0 Å². The Bertz CT molecular complexity index is 832. The van der Waals surface area contributed by atoms with E-state index >= 15 is 0 Å². The van der Waals surface area contributed by atoms with Gasteiger partial charge in [-0.3, -0.25) is 0 Å². The van der Waals surface area contributed by atoms with Crippen LogP contribution in [-0.2, 0) is 0 Å². The van der Waals surface area contributed by atoms with Crippen LogP contribution in [-0.4, -0.2) is 28.0 Å². The fourth-order valence-corrected chi connectivity index (χ4v) is 3.22. The minimum Gasteiger partial charge on any atom is -0.370 e. The van der Waals surface area contributed by atoms with Crippen molar-refractivity contribution in [1.82, 2.24) is 15.0 Å². The smallest absolute Gasteiger partial charge is 0.160 e. The number of nitrogens with one attached hydrogen (secondary N) is 1. The lowest BCUT2D eigenvalue weighted by molar-refractivity contribution is 0.578. The van der Waals surface area contributed by atoms with Gasteiger partial charge in [-0.05, 0) is 56.5 Å². The van der Waals surface area contributed by atoms with Crippen LogP contribution in [0.15, 0.2) is 30.3 Å². The van der Waals surface area contributed by atoms with Crippen LogP contribution in [0, 0.1) is 12.7 Å². The molecule has 1 N–H and O–H groups in total. The first kappa shape index (κ1) is 14.2. The predicted octanol–water partition coefficient (Wildman–Crippen LogP) is 4.06. The lowest BCUT2D eigenvalue weighted by Gasteiger charge is -2.29. The van der Waals surface area contributed by atoms with Crippen molar-refractivity contribution in [3.63, 3.8) is 0 Å². The molecule has 0 atom stereocenters. The zero-order valence-corrected chi connectivity index (χ0v) is 13.1. The van der Waals surface area contributed by atoms with Gasteiger partial charge in [-0.2, -0.15) is 0 Å². The molecule has 1 aliphatic heterocycles. The Morgan fingerprint density at radius 1 is 1.04 bits per heavy atom. The van der Waals surface area contributed by atoms with E-state index in [1.807, 2.05) is 6.92 Å². The Labute approximate surface area is 134 Å². The van der Waals surface area contributed by atoms with Crippen molar-refractivity contribution in [1.29, 1.82) is 0 Å². The summed E-state index contributed by atoms with van der Waals surface area (Å²) in [5, 5.41) is 0. The molecule has 4 rings (SSSR count). The summed E-state index contributed by atoms with van der Waals surface area (Å²) in [6.45, 7) is 4.14. The number of aromatic nitrogens is 3. The van der Waals surface area contributed by atoms with E-state index in [9.17, 15) is 4.39 Å². The number of hydrogen-bond donors (Lipinski definition) is 1. The molecule has 1 fully saturated rings. The van der Waals surface area contributed by atoms with Crippen molar-refractivity contribution in [3.05, 3.63) is 41.8 Å². The van der Waals surface area contributed by atoms with E-state index in [-0.39, 0.29) is 5.82 Å². The maximum absolute atomic E-state index is 13.1. The molecule has 0 spiro atoms. The highest BCUT2D eigenvalue weighted by molar-refractivity contribution is 5.88. The molecule has 3 aromatic rings. The van der Waals surface area contributed by atoms with E-state index in [1.54, 1.807) is 12.1 Å². The minimum atomic E-state index is -0.243. The number of fused-ring (bicyclic) bond motifs is 1. The second-order valence-electron chi connectivity index (χ2n) is 6.12. The van der Waals surface area contributed by atoms with Gasteiger partial charge in [0.05, 0.1) is 5.69 Å². The van der Waals surface area contributed by atoms with Crippen molar-refractivity contribution < 1.29 is 4.39 Å². The molecular formula is C18H19FN4. The molecule has 1 aliphatic rings. The van der Waals surface area contributed by atoms with Crippen LogP contribution < -0.4 is 4.90 Å². The number of imidazole rings is 1. The summed E-state index contributed by atoms with van der Waals surface area (Å²) in [6.07, 6.45) is 3.74. The van der Waals surface area contributed by atoms with Crippen LogP contribution in [0.5, 0.6) is 0 Å². The van der Waals surface area contributed by atoms with E-state index in [0.29, 0.717) is 0 Å². The number of rotatable bonds is 2. The number of aryl methyl sites for hydroxylation is 1. The van der Waals surface area contributed by atoms with Crippen molar-refractivity contribution in [2.24, 2.45) is 0 Å². The zero-order chi connectivity index (χ0) is 15.8. The zero-order valence-electron chi connectivity index (χ0n) is 13.1. The second-order valence-corrected chi connectivity index (χ2v) is 6.12. The van der Waals surface area contributed by atoms with Crippen LogP contribution in [0.1, 0.15) is 25.0 Å². The van der Waals surface area contributed by atoms with Crippen molar-refractivity contribution in [3.8, 4) is 11.4 Å². The lowest BCUT2D eigenvalue weighted by atomic mass is 10.1. The second kappa shape index (κ2) is 5.65. The third-order valence-electron chi connectivity index (χ3n) is 4.38. The first-order chi connectivity index (χ1) is 11.2. The highest BCUT2D eigenvalue weighted by atomic mass is 19.1. The summed E-state index contributed by atoms with van der Waals surface area (Å²) in [4.78, 5) is 15.0. The quantitative estimate of drug-likeness (QED) is 0.776. The van der Waals surface area contributed by atoms with Gasteiger partial charge in [0.15, 0.2) is 5.65 Å². The average molecular weight is 310 g/mol. The van der Waals surface area contributed by atoms with Crippen LogP contribution >= 0.6 is 0 Å². The highest BCUT2D eigenvalue weighted by Crippen LogP contribution is 2.30. The Kier molecular flexibility index (Phi) is 3.48. The Morgan fingerprint density at radius 2 is 1.78 bits per heavy atom. The van der Waals surface area contributed by atoms with E-state index in [4.69, 9.17) is 4.98 Å². The molecular weight excluding hydrogens is 291 g/mol. The number of hydrogen-bond acceptors (Lipinski definition) is 3. The molecule has 0 radical (unpaired) electrons. The van der Waals surface area contributed by atoms with Crippen LogP contribution in [0.2, 0.25) is 0 Å². The number of piperidine rings is 1. The Morgan fingerprint density at radius 3 is 2.52 bits per heavy atom. The largest absolute Gasteiger partial charge is 0.370 e. The fourth-order valence-electron chi connectivity index (χ4n) is 3.22. The van der Waals surface area contributed by atoms with Crippen molar-refractivity contribution in [2.45, 2.75) is 26.2 Å². The summed E-state index contributed by atoms with van der Waals surface area (Å²) in [5.74, 6) is 0.490. The maximum Gasteiger partial charge on any atom is 0.160 e. The van der Waals surface area contributed by atoms with Gasteiger partial charge < -0.3 is 9.88 Å². The molecule has 5 heteroatoms. The molecule has 0 saturated carbocycles. The summed E-state index contributed by atoms with van der Waals surface area (Å²) in [5.41, 5.74) is 4.69. The van der Waals surface area contributed by atoms with Gasteiger partial charge in [0.25, 0.3) is 0 Å². The summed E-state index contributed by atoms with van der Waals surface area (Å²) in [6, 6.07) is 8.49. The molecule has 1 saturated heterocycles. The standard InChI is InChI=1S/C18H19FN4/c1-12-11-15(23-9-3-2-4-10-23)16-18(20-12)22-17(21-16)13-5-7-14(19)8-6-13/h5-8,11H,2-4,9-10H2,1H3,(H,20,21,22). The molecule has 0 bridgehead atoms. The third kappa shape index (κ3) is 2.67. The number of halogens is 1. The normalized spacial score (nSPS) is 15.3. The van der Waals surface area contributed by atoms with Crippen LogP contribution in [0.3, 0.4) is 0 Å². The highest BCUT2D eigenvalue weighted by Gasteiger charge is 2.18. The molecule has 3 heterocycles. The predicted molar refractivity (Wildman–Crippen MR) is 90.1 cm³/mol. The lowest BCUT2D eigenvalue weighted by Crippen LogP contribution is -2.29. The number of H-pyrrole nitrogens is 1. The van der Waals surface area contributed by atoms with Gasteiger partial charge in [0.1, 0.15) is 17.2 Å². The van der Waals surface area contributed by atoms with Crippen LogP contribution in [0.25, 0.3) is 22.6 Å². The average Bonchev–Trinajstić information content (AvgIpc) is 2.99. The number of benzene rings is 1. The molecule has 118 valence electrons. The van der Waals surface area contributed by atoms with Gasteiger partial charge in [-0.25, -0.2) is 14.4 Å². The molecule has 4 nitrogen and oxygen atoms in total. The maximum atomic E-state index is 13.1. The van der Waals surface area contributed by atoms with Crippen LogP contribution in [0.4, 0.5) is 10.1 Å². The topological polar surface area (TPSA) is 44.8 Å². The number of nitrogens with zero attached hydrogens (tertiary/aromatic N) is 3. The number of pyridine rings is 1. The van der Waals surface area contributed by atoms with Gasteiger partial charge in [-0.1, -0.05) is 0 Å². The molecule has 1 aromatic carbocycles. The first-order valence-electron chi connectivity index (χ1n) is 8.09. The molecule has 23 heavy (non-hydrogen) atoms. The van der Waals surface area contributed by atoms with E-state index in [0.717, 1.165) is 47.0 Å². The first-order valence-corrected chi connectivity index (χ1v) is 8.09. The SMILES string of the molecule is Cc1cc(N2CCCCC2)c2nc(-c3ccc(F)cc3)[nH]c2n1. The van der Waals surface area contributed by atoms with Gasteiger partial charge >= 0.3 is 0 Å². The van der Waals surface area contributed by atoms with E-state index in [1.165, 1.54) is 31.4 Å². The molecule has 2 aromatic heterocycles. The van der Waals surface area contributed by atoms with Gasteiger partial charge in [0.2, 0.25) is 0 Å². The molecule has 0 aliphatic carbocycles. The molecule has 0 unspecified atom stereocenters. The monoisotopic (exact) mass is 310 g/mol. The van der Waals surface area contributed by atoms with E-state index in [2.05, 4.69) is 20.9 Å². The molecule has 0 amide bonds. The summed E-state index contributed by atoms with van der Waals surface area (Å²) in [7, 11) is 0. The van der Waals surface area contributed by atoms with Crippen molar-refractivity contribution in [2.75, 3.05) is 18.0 Å². The summed E-state index contributed by atoms with van der Waals surface area (Å²) < 4.78 is 13.1. The fraction of sp³-hybridized carbons (Fsp3) is 0.333. The Balaban J connectivity index is 1.82. The van der Waals surface area contributed by atoms with E-state index < -0.39 is 0 Å². The third-order valence-corrected chi connectivity index (χ3v) is 4.38. The van der Waals surface area contributed by atoms with Crippen molar-refractivity contribution >= 4 is 16.9 Å². The number of anilines is 1. The van der Waals surface area contributed by atoms with Gasteiger partial charge in [0, 0.05) is 24.3 Å². The summed E-state index contributed by atoms with van der Waals surface area (Å²) >= 11 is 0. The minimum absolute atomic E-state index is 0.243. The Hall–Kier alpha value is -2.43.